The van der Waals surface area contributed by atoms with Crippen molar-refractivity contribution in [3.8, 4) is 11.3 Å². The molecule has 0 radical (unpaired) electrons. The molecular formula is C17H17F2N5OS. The molecule has 9 heteroatoms. The molecule has 2 heterocycles. The summed E-state index contributed by atoms with van der Waals surface area (Å²) in [4.78, 5) is 13.0. The minimum Gasteiger partial charge on any atom is -0.347 e. The summed E-state index contributed by atoms with van der Waals surface area (Å²) in [7, 11) is 1.77. The topological polar surface area (TPSA) is 85.8 Å². The van der Waals surface area contributed by atoms with Crippen LogP contribution in [0.3, 0.4) is 0 Å². The van der Waals surface area contributed by atoms with Crippen LogP contribution in [0.4, 0.5) is 8.78 Å². The third-order valence-electron chi connectivity index (χ3n) is 3.86. The maximum Gasteiger partial charge on any atom is 0.261 e. The average Bonchev–Trinajstić information content (AvgIpc) is 3.21. The lowest BCUT2D eigenvalue weighted by Gasteiger charge is -2.16. The number of aryl methyl sites for hydroxylation is 1. The van der Waals surface area contributed by atoms with Crippen LogP contribution in [0.15, 0.2) is 35.8 Å². The van der Waals surface area contributed by atoms with Crippen molar-refractivity contribution in [3.63, 3.8) is 0 Å². The fraction of sp³-hybridized carbons (Fsp3) is 0.235. The van der Waals surface area contributed by atoms with Gasteiger partial charge in [0.15, 0.2) is 0 Å². The number of rotatable bonds is 6. The van der Waals surface area contributed by atoms with E-state index in [0.717, 1.165) is 17.3 Å². The second-order valence-electron chi connectivity index (χ2n) is 5.83. The van der Waals surface area contributed by atoms with Gasteiger partial charge < -0.3 is 11.1 Å². The Labute approximate surface area is 152 Å². The van der Waals surface area contributed by atoms with Crippen LogP contribution < -0.4 is 11.1 Å². The largest absolute Gasteiger partial charge is 0.347 e. The second-order valence-corrected chi connectivity index (χ2v) is 6.74. The van der Waals surface area contributed by atoms with Crippen LogP contribution in [0.5, 0.6) is 0 Å². The van der Waals surface area contributed by atoms with E-state index >= 15 is 0 Å². The van der Waals surface area contributed by atoms with Crippen molar-refractivity contribution in [1.29, 1.82) is 0 Å². The van der Waals surface area contributed by atoms with Crippen LogP contribution in [0.1, 0.15) is 15.2 Å². The predicted molar refractivity (Wildman–Crippen MR) is 94.7 cm³/mol. The molecule has 0 saturated heterocycles. The number of hydrogen-bond donors (Lipinski definition) is 2. The zero-order chi connectivity index (χ0) is 18.7. The van der Waals surface area contributed by atoms with E-state index in [9.17, 15) is 13.6 Å². The average molecular weight is 377 g/mol. The summed E-state index contributed by atoms with van der Waals surface area (Å²) in [6, 6.07) is 4.58. The van der Waals surface area contributed by atoms with Gasteiger partial charge in [0.25, 0.3) is 5.91 Å². The highest BCUT2D eigenvalue weighted by molar-refractivity contribution is 7.12. The number of amides is 1. The number of nitrogens with one attached hydrogen (secondary N) is 1. The molecule has 0 spiro atoms. The van der Waals surface area contributed by atoms with E-state index in [2.05, 4.69) is 15.6 Å². The van der Waals surface area contributed by atoms with Gasteiger partial charge in [0.2, 0.25) is 0 Å². The molecule has 0 aliphatic heterocycles. The Bertz CT molecular complexity index is 903. The van der Waals surface area contributed by atoms with Crippen molar-refractivity contribution in [2.45, 2.75) is 12.5 Å². The molecule has 0 unspecified atom stereocenters. The third kappa shape index (κ3) is 4.12. The minimum absolute atomic E-state index is 0.147. The summed E-state index contributed by atoms with van der Waals surface area (Å²) < 4.78 is 28.2. The van der Waals surface area contributed by atoms with Gasteiger partial charge in [0.1, 0.15) is 11.6 Å². The van der Waals surface area contributed by atoms with Gasteiger partial charge >= 0.3 is 0 Å². The summed E-state index contributed by atoms with van der Waals surface area (Å²) in [5, 5.41) is 12.3. The fourth-order valence-electron chi connectivity index (χ4n) is 2.60. The standard InChI is InChI=1S/C17H17F2N5OS/c1-24-15(8-21-23-24)11-5-16(26-9-11)17(25)22-14(7-20)4-10-2-12(18)6-13(19)3-10/h2-3,5-6,8-9,14H,4,7,20H2,1H3,(H,22,25)/t14-/m0/s1. The Balaban J connectivity index is 1.69. The highest BCUT2D eigenvalue weighted by atomic mass is 32.1. The molecule has 0 aliphatic carbocycles. The van der Waals surface area contributed by atoms with Gasteiger partial charge in [0, 0.05) is 36.6 Å². The van der Waals surface area contributed by atoms with Crippen molar-refractivity contribution in [2.24, 2.45) is 12.8 Å². The number of benzene rings is 1. The van der Waals surface area contributed by atoms with E-state index < -0.39 is 17.7 Å². The first-order chi connectivity index (χ1) is 12.5. The Kier molecular flexibility index (Phi) is 5.38. The zero-order valence-corrected chi connectivity index (χ0v) is 14.8. The van der Waals surface area contributed by atoms with Crippen LogP contribution in [0, 0.1) is 11.6 Å². The van der Waals surface area contributed by atoms with E-state index in [-0.39, 0.29) is 18.9 Å². The molecule has 136 valence electrons. The second kappa shape index (κ2) is 7.71. The summed E-state index contributed by atoms with van der Waals surface area (Å²) in [6.45, 7) is 0.147. The summed E-state index contributed by atoms with van der Waals surface area (Å²) in [6.07, 6.45) is 1.85. The number of carbonyl (C=O) groups excluding carboxylic acids is 1. The highest BCUT2D eigenvalue weighted by Gasteiger charge is 2.17. The quantitative estimate of drug-likeness (QED) is 0.689. The predicted octanol–water partition coefficient (Wildman–Crippen LogP) is 2.12. The van der Waals surface area contributed by atoms with E-state index in [1.807, 2.05) is 5.38 Å². The molecule has 6 nitrogen and oxygen atoms in total. The van der Waals surface area contributed by atoms with Gasteiger partial charge in [-0.1, -0.05) is 5.21 Å². The van der Waals surface area contributed by atoms with Crippen molar-refractivity contribution in [2.75, 3.05) is 6.54 Å². The number of halogens is 2. The first-order valence-electron chi connectivity index (χ1n) is 7.85. The Morgan fingerprint density at radius 1 is 1.31 bits per heavy atom. The lowest BCUT2D eigenvalue weighted by atomic mass is 10.1. The minimum atomic E-state index is -0.658. The number of nitrogens with zero attached hydrogens (tertiary/aromatic N) is 3. The van der Waals surface area contributed by atoms with Crippen LogP contribution in [-0.4, -0.2) is 33.5 Å². The zero-order valence-electron chi connectivity index (χ0n) is 13.9. The van der Waals surface area contributed by atoms with Crippen LogP contribution >= 0.6 is 11.3 Å². The monoisotopic (exact) mass is 377 g/mol. The number of aromatic nitrogens is 3. The number of nitrogens with two attached hydrogens (primary N) is 1. The Morgan fingerprint density at radius 3 is 2.65 bits per heavy atom. The molecule has 26 heavy (non-hydrogen) atoms. The molecule has 3 aromatic rings. The first-order valence-corrected chi connectivity index (χ1v) is 8.73. The van der Waals surface area contributed by atoms with Gasteiger partial charge in [-0.2, -0.15) is 0 Å². The van der Waals surface area contributed by atoms with Crippen molar-refractivity contribution < 1.29 is 13.6 Å². The Morgan fingerprint density at radius 2 is 2.04 bits per heavy atom. The van der Waals surface area contributed by atoms with Gasteiger partial charge in [-0.25, -0.2) is 13.5 Å². The molecule has 0 bridgehead atoms. The summed E-state index contributed by atoms with van der Waals surface area (Å²) in [5.41, 5.74) is 7.78. The van der Waals surface area contributed by atoms with E-state index in [1.54, 1.807) is 24.0 Å². The smallest absolute Gasteiger partial charge is 0.261 e. The first kappa shape index (κ1) is 18.2. The lowest BCUT2D eigenvalue weighted by Crippen LogP contribution is -2.41. The van der Waals surface area contributed by atoms with Crippen LogP contribution in [-0.2, 0) is 13.5 Å². The van der Waals surface area contributed by atoms with Gasteiger partial charge in [-0.05, 0) is 30.2 Å². The van der Waals surface area contributed by atoms with Crippen molar-refractivity contribution >= 4 is 17.2 Å². The van der Waals surface area contributed by atoms with Crippen molar-refractivity contribution in [3.05, 3.63) is 57.9 Å². The number of thiophene rings is 1. The van der Waals surface area contributed by atoms with Gasteiger partial charge in [0.05, 0.1) is 16.8 Å². The molecule has 0 fully saturated rings. The lowest BCUT2D eigenvalue weighted by molar-refractivity contribution is 0.0942. The van der Waals surface area contributed by atoms with E-state index in [0.29, 0.717) is 10.4 Å². The molecule has 1 atom stereocenters. The van der Waals surface area contributed by atoms with Crippen molar-refractivity contribution in [1.82, 2.24) is 20.3 Å². The molecule has 0 aliphatic rings. The fourth-order valence-corrected chi connectivity index (χ4v) is 3.41. The van der Waals surface area contributed by atoms with Crippen LogP contribution in [0.25, 0.3) is 11.3 Å². The number of hydrogen-bond acceptors (Lipinski definition) is 5. The molecule has 0 saturated carbocycles. The molecule has 3 N–H and O–H groups in total. The molecule has 2 aromatic heterocycles. The molecule has 1 amide bonds. The van der Waals surface area contributed by atoms with Crippen LogP contribution in [0.2, 0.25) is 0 Å². The van der Waals surface area contributed by atoms with E-state index in [4.69, 9.17) is 5.73 Å². The summed E-state index contributed by atoms with van der Waals surface area (Å²) >= 11 is 1.29. The summed E-state index contributed by atoms with van der Waals surface area (Å²) in [5.74, 6) is -1.60. The van der Waals surface area contributed by atoms with Gasteiger partial charge in [-0.3, -0.25) is 4.79 Å². The maximum atomic E-state index is 13.3. The SMILES string of the molecule is Cn1nncc1-c1csc(C(=O)N[C@H](CN)Cc2cc(F)cc(F)c2)c1. The highest BCUT2D eigenvalue weighted by Crippen LogP contribution is 2.24. The molecule has 3 rings (SSSR count). The maximum absolute atomic E-state index is 13.3. The normalized spacial score (nSPS) is 12.2. The van der Waals surface area contributed by atoms with Gasteiger partial charge in [-0.15, -0.1) is 16.4 Å². The third-order valence-corrected chi connectivity index (χ3v) is 4.79. The Hall–Kier alpha value is -2.65. The molecule has 1 aromatic carbocycles. The number of carbonyl (C=O) groups is 1. The van der Waals surface area contributed by atoms with E-state index in [1.165, 1.54) is 23.5 Å². The molecular weight excluding hydrogens is 360 g/mol.